The van der Waals surface area contributed by atoms with Crippen molar-refractivity contribution in [2.45, 2.75) is 6.42 Å². The molecular formula is C11H11NOS. The highest BCUT2D eigenvalue weighted by molar-refractivity contribution is 7.11. The SMILES string of the molecule is COC1=NC=CCC(c2cccs2)=C1. The molecule has 1 aliphatic heterocycles. The number of allylic oxidation sites excluding steroid dienone is 2. The Labute approximate surface area is 87.3 Å². The number of methoxy groups -OCH3 is 1. The molecule has 0 atom stereocenters. The molecule has 0 saturated carbocycles. The highest BCUT2D eigenvalue weighted by atomic mass is 32.1. The van der Waals surface area contributed by atoms with Crippen LogP contribution in [-0.2, 0) is 4.74 Å². The van der Waals surface area contributed by atoms with E-state index in [0.717, 1.165) is 6.42 Å². The zero-order chi connectivity index (χ0) is 9.80. The molecule has 0 aromatic carbocycles. The molecule has 2 rings (SSSR count). The monoisotopic (exact) mass is 205 g/mol. The number of hydrogen-bond acceptors (Lipinski definition) is 3. The minimum Gasteiger partial charge on any atom is -0.481 e. The van der Waals surface area contributed by atoms with Gasteiger partial charge in [-0.2, -0.15) is 0 Å². The van der Waals surface area contributed by atoms with E-state index in [9.17, 15) is 0 Å². The Morgan fingerprint density at radius 3 is 3.14 bits per heavy atom. The molecule has 0 fully saturated rings. The quantitative estimate of drug-likeness (QED) is 0.690. The third-order valence-corrected chi connectivity index (χ3v) is 2.93. The van der Waals surface area contributed by atoms with Crippen molar-refractivity contribution < 1.29 is 4.74 Å². The van der Waals surface area contributed by atoms with Crippen LogP contribution in [0.25, 0.3) is 5.57 Å². The van der Waals surface area contributed by atoms with Crippen molar-refractivity contribution in [3.05, 3.63) is 40.7 Å². The molecule has 2 nitrogen and oxygen atoms in total. The minimum atomic E-state index is 0.669. The van der Waals surface area contributed by atoms with Gasteiger partial charge >= 0.3 is 0 Å². The van der Waals surface area contributed by atoms with E-state index in [1.165, 1.54) is 10.5 Å². The Morgan fingerprint density at radius 1 is 1.50 bits per heavy atom. The second kappa shape index (κ2) is 4.24. The van der Waals surface area contributed by atoms with Gasteiger partial charge in [-0.1, -0.05) is 12.1 Å². The van der Waals surface area contributed by atoms with E-state index in [0.29, 0.717) is 5.90 Å². The third kappa shape index (κ3) is 1.93. The molecule has 3 heteroatoms. The highest BCUT2D eigenvalue weighted by Crippen LogP contribution is 2.24. The van der Waals surface area contributed by atoms with Crippen LogP contribution >= 0.6 is 11.3 Å². The molecule has 14 heavy (non-hydrogen) atoms. The van der Waals surface area contributed by atoms with Crippen LogP contribution in [0.15, 0.2) is 40.9 Å². The van der Waals surface area contributed by atoms with Gasteiger partial charge in [0, 0.05) is 17.2 Å². The van der Waals surface area contributed by atoms with Crippen molar-refractivity contribution in [3.8, 4) is 0 Å². The van der Waals surface area contributed by atoms with Crippen molar-refractivity contribution in [1.82, 2.24) is 0 Å². The second-order valence-corrected chi connectivity index (χ2v) is 3.85. The Hall–Kier alpha value is -1.35. The maximum atomic E-state index is 5.13. The number of ether oxygens (including phenoxy) is 1. The summed E-state index contributed by atoms with van der Waals surface area (Å²) >= 11 is 1.74. The van der Waals surface area contributed by atoms with Crippen LogP contribution in [0.5, 0.6) is 0 Å². The molecule has 0 radical (unpaired) electrons. The third-order valence-electron chi connectivity index (χ3n) is 1.99. The Kier molecular flexibility index (Phi) is 2.79. The van der Waals surface area contributed by atoms with Gasteiger partial charge in [0.25, 0.3) is 0 Å². The van der Waals surface area contributed by atoms with Gasteiger partial charge in [-0.05, 0) is 23.4 Å². The predicted molar refractivity (Wildman–Crippen MR) is 60.5 cm³/mol. The van der Waals surface area contributed by atoms with Gasteiger partial charge in [0.2, 0.25) is 5.90 Å². The smallest absolute Gasteiger partial charge is 0.213 e. The molecule has 0 amide bonds. The molecule has 0 aliphatic carbocycles. The van der Waals surface area contributed by atoms with Crippen molar-refractivity contribution in [3.63, 3.8) is 0 Å². The number of nitrogens with zero attached hydrogens (tertiary/aromatic N) is 1. The fourth-order valence-electron chi connectivity index (χ4n) is 1.30. The van der Waals surface area contributed by atoms with Gasteiger partial charge in [-0.3, -0.25) is 0 Å². The van der Waals surface area contributed by atoms with Crippen LogP contribution in [-0.4, -0.2) is 13.0 Å². The van der Waals surface area contributed by atoms with Crippen LogP contribution in [0.2, 0.25) is 0 Å². The zero-order valence-electron chi connectivity index (χ0n) is 7.93. The molecule has 0 spiro atoms. The molecule has 72 valence electrons. The second-order valence-electron chi connectivity index (χ2n) is 2.91. The fourth-order valence-corrected chi connectivity index (χ4v) is 2.05. The summed E-state index contributed by atoms with van der Waals surface area (Å²) in [4.78, 5) is 5.42. The average Bonchev–Trinajstić information content (AvgIpc) is 2.63. The fraction of sp³-hybridized carbons (Fsp3) is 0.182. The van der Waals surface area contributed by atoms with E-state index < -0.39 is 0 Å². The molecule has 1 aromatic rings. The number of rotatable bonds is 1. The van der Waals surface area contributed by atoms with E-state index in [4.69, 9.17) is 4.74 Å². The average molecular weight is 205 g/mol. The summed E-state index contributed by atoms with van der Waals surface area (Å²) in [5.41, 5.74) is 1.26. The van der Waals surface area contributed by atoms with Crippen LogP contribution < -0.4 is 0 Å². The minimum absolute atomic E-state index is 0.669. The summed E-state index contributed by atoms with van der Waals surface area (Å²) < 4.78 is 5.13. The summed E-state index contributed by atoms with van der Waals surface area (Å²) in [7, 11) is 1.64. The van der Waals surface area contributed by atoms with E-state index in [-0.39, 0.29) is 0 Å². The van der Waals surface area contributed by atoms with E-state index >= 15 is 0 Å². The molecule has 1 aromatic heterocycles. The van der Waals surface area contributed by atoms with Crippen LogP contribution in [0, 0.1) is 0 Å². The van der Waals surface area contributed by atoms with Crippen molar-refractivity contribution in [1.29, 1.82) is 0 Å². The van der Waals surface area contributed by atoms with E-state index in [1.807, 2.05) is 12.2 Å². The van der Waals surface area contributed by atoms with Gasteiger partial charge < -0.3 is 4.74 Å². The molecule has 0 bridgehead atoms. The number of hydrogen-bond donors (Lipinski definition) is 0. The van der Waals surface area contributed by atoms with Crippen molar-refractivity contribution >= 4 is 22.8 Å². The first-order chi connectivity index (χ1) is 6.90. The zero-order valence-corrected chi connectivity index (χ0v) is 8.75. The van der Waals surface area contributed by atoms with E-state index in [2.05, 4.69) is 22.5 Å². The first-order valence-electron chi connectivity index (χ1n) is 4.41. The lowest BCUT2D eigenvalue weighted by Crippen LogP contribution is -1.95. The van der Waals surface area contributed by atoms with Crippen LogP contribution in [0.1, 0.15) is 11.3 Å². The molecule has 0 N–H and O–H groups in total. The molecule has 2 heterocycles. The van der Waals surface area contributed by atoms with Crippen LogP contribution in [0.3, 0.4) is 0 Å². The normalized spacial score (nSPS) is 15.8. The van der Waals surface area contributed by atoms with Crippen LogP contribution in [0.4, 0.5) is 0 Å². The lowest BCUT2D eigenvalue weighted by atomic mass is 10.1. The topological polar surface area (TPSA) is 21.6 Å². The Bertz CT molecular complexity index is 387. The summed E-state index contributed by atoms with van der Waals surface area (Å²) in [6, 6.07) is 4.17. The largest absolute Gasteiger partial charge is 0.481 e. The van der Waals surface area contributed by atoms with Gasteiger partial charge in [-0.15, -0.1) is 11.3 Å². The summed E-state index contributed by atoms with van der Waals surface area (Å²) in [5.74, 6) is 0.669. The van der Waals surface area contributed by atoms with Gasteiger partial charge in [0.05, 0.1) is 7.11 Å². The molecule has 0 saturated heterocycles. The van der Waals surface area contributed by atoms with Gasteiger partial charge in [0.15, 0.2) is 0 Å². The molecule has 1 aliphatic rings. The Morgan fingerprint density at radius 2 is 2.43 bits per heavy atom. The van der Waals surface area contributed by atoms with Gasteiger partial charge in [0.1, 0.15) is 0 Å². The van der Waals surface area contributed by atoms with Crippen molar-refractivity contribution in [2.24, 2.45) is 4.99 Å². The first-order valence-corrected chi connectivity index (χ1v) is 5.29. The summed E-state index contributed by atoms with van der Waals surface area (Å²) in [6.07, 6.45) is 6.73. The maximum absolute atomic E-state index is 5.13. The highest BCUT2D eigenvalue weighted by Gasteiger charge is 2.05. The lowest BCUT2D eigenvalue weighted by Gasteiger charge is -2.01. The summed E-state index contributed by atoms with van der Waals surface area (Å²) in [5, 5.41) is 2.08. The first kappa shape index (κ1) is 9.21. The number of thiophene rings is 1. The molecular weight excluding hydrogens is 194 g/mol. The Balaban J connectivity index is 2.32. The standard InChI is InChI=1S/C11H11NOS/c1-13-11-8-9(4-2-6-12-11)10-5-3-7-14-10/h2-3,5-8H,4H2,1H3. The molecule has 0 unspecified atom stereocenters. The van der Waals surface area contributed by atoms with Crippen molar-refractivity contribution in [2.75, 3.05) is 7.11 Å². The van der Waals surface area contributed by atoms with E-state index in [1.54, 1.807) is 24.6 Å². The lowest BCUT2D eigenvalue weighted by molar-refractivity contribution is 0.407. The number of aliphatic imine (C=N–C) groups is 1. The summed E-state index contributed by atoms with van der Waals surface area (Å²) in [6.45, 7) is 0. The van der Waals surface area contributed by atoms with Gasteiger partial charge in [-0.25, -0.2) is 4.99 Å². The predicted octanol–water partition coefficient (Wildman–Crippen LogP) is 3.09. The maximum Gasteiger partial charge on any atom is 0.213 e.